The highest BCUT2D eigenvalue weighted by Crippen LogP contribution is 2.46. The van der Waals surface area contributed by atoms with Crippen LogP contribution in [0.3, 0.4) is 0 Å². The highest BCUT2D eigenvalue weighted by atomic mass is 16.5. The molecule has 0 aromatic heterocycles. The van der Waals surface area contributed by atoms with Gasteiger partial charge in [-0.25, -0.2) is 0 Å². The number of carbonyl (C=O) groups is 1. The number of hydrogen-bond donors (Lipinski definition) is 1. The first-order valence-electron chi connectivity index (χ1n) is 10.3. The third kappa shape index (κ3) is 4.71. The molecular weight excluding hydrogens is 360 g/mol. The van der Waals surface area contributed by atoms with E-state index >= 15 is 0 Å². The maximum absolute atomic E-state index is 11.9. The number of aliphatic hydroxyl groups excluding tert-OH is 1. The van der Waals surface area contributed by atoms with Gasteiger partial charge in [0.2, 0.25) is 0 Å². The molecule has 2 aromatic carbocycles. The minimum absolute atomic E-state index is 0.0591. The van der Waals surface area contributed by atoms with Crippen LogP contribution < -0.4 is 4.74 Å². The van der Waals surface area contributed by atoms with E-state index in [0.29, 0.717) is 17.6 Å². The van der Waals surface area contributed by atoms with Gasteiger partial charge in [0.1, 0.15) is 18.3 Å². The molecule has 2 aromatic rings. The molecule has 3 atom stereocenters. The first-order chi connectivity index (χ1) is 13.7. The number of fused-ring (bicyclic) bond motifs is 1. The van der Waals surface area contributed by atoms with Gasteiger partial charge in [0, 0.05) is 0 Å². The summed E-state index contributed by atoms with van der Waals surface area (Å²) < 4.78 is 5.23. The third-order valence-electron chi connectivity index (χ3n) is 6.08. The Morgan fingerprint density at radius 2 is 1.93 bits per heavy atom. The van der Waals surface area contributed by atoms with Crippen LogP contribution in [0.25, 0.3) is 0 Å². The van der Waals surface area contributed by atoms with Crippen molar-refractivity contribution in [2.24, 2.45) is 5.92 Å². The van der Waals surface area contributed by atoms with Gasteiger partial charge in [0.15, 0.2) is 0 Å². The molecule has 3 heteroatoms. The smallest absolute Gasteiger partial charge is 0.323 e. The fourth-order valence-corrected chi connectivity index (χ4v) is 4.35. The first-order valence-corrected chi connectivity index (χ1v) is 10.3. The van der Waals surface area contributed by atoms with Crippen LogP contribution in [0.15, 0.2) is 42.5 Å². The minimum atomic E-state index is -0.919. The van der Waals surface area contributed by atoms with Crippen molar-refractivity contribution in [2.75, 3.05) is 0 Å². The lowest BCUT2D eigenvalue weighted by atomic mass is 9.64. The molecular formula is C26H30O3. The molecule has 29 heavy (non-hydrogen) atoms. The fourth-order valence-electron chi connectivity index (χ4n) is 4.35. The molecule has 0 fully saturated rings. The molecule has 0 saturated heterocycles. The SMILES string of the molecule is Cc1cc2c(cc1C(O)C#CCC(=O)Oc1ccccc1)C(C)C(C)CC2(C)C. The third-order valence-corrected chi connectivity index (χ3v) is 6.08. The van der Waals surface area contributed by atoms with E-state index in [1.165, 1.54) is 11.1 Å². The average molecular weight is 391 g/mol. The largest absolute Gasteiger partial charge is 0.426 e. The molecule has 0 radical (unpaired) electrons. The van der Waals surface area contributed by atoms with Crippen molar-refractivity contribution in [1.29, 1.82) is 0 Å². The van der Waals surface area contributed by atoms with Crippen LogP contribution in [-0.4, -0.2) is 11.1 Å². The van der Waals surface area contributed by atoms with Crippen LogP contribution in [0.2, 0.25) is 0 Å². The van der Waals surface area contributed by atoms with Crippen molar-refractivity contribution in [3.05, 3.63) is 64.7 Å². The van der Waals surface area contributed by atoms with E-state index in [-0.39, 0.29) is 11.8 Å². The van der Waals surface area contributed by atoms with Crippen molar-refractivity contribution in [2.45, 2.75) is 64.9 Å². The molecule has 0 spiro atoms. The second-order valence-corrected chi connectivity index (χ2v) is 8.84. The topological polar surface area (TPSA) is 46.5 Å². The van der Waals surface area contributed by atoms with Crippen LogP contribution in [0, 0.1) is 24.7 Å². The van der Waals surface area contributed by atoms with Crippen molar-refractivity contribution >= 4 is 5.97 Å². The highest BCUT2D eigenvalue weighted by molar-refractivity contribution is 5.75. The molecule has 3 nitrogen and oxygen atoms in total. The van der Waals surface area contributed by atoms with Gasteiger partial charge in [0.05, 0.1) is 0 Å². The summed E-state index contributed by atoms with van der Waals surface area (Å²) in [6.45, 7) is 11.2. The second-order valence-electron chi connectivity index (χ2n) is 8.84. The molecule has 0 bridgehead atoms. The Bertz CT molecular complexity index is 947. The van der Waals surface area contributed by atoms with E-state index in [2.05, 4.69) is 51.7 Å². The van der Waals surface area contributed by atoms with Gasteiger partial charge in [-0.15, -0.1) is 0 Å². The van der Waals surface area contributed by atoms with Crippen LogP contribution >= 0.6 is 0 Å². The Kier molecular flexibility index (Phi) is 6.15. The lowest BCUT2D eigenvalue weighted by Crippen LogP contribution is -2.31. The van der Waals surface area contributed by atoms with Crippen LogP contribution in [-0.2, 0) is 10.2 Å². The fraction of sp³-hybridized carbons (Fsp3) is 0.423. The molecule has 0 amide bonds. The Morgan fingerprint density at radius 3 is 2.62 bits per heavy atom. The van der Waals surface area contributed by atoms with Crippen molar-refractivity contribution in [3.8, 4) is 17.6 Å². The monoisotopic (exact) mass is 390 g/mol. The summed E-state index contributed by atoms with van der Waals surface area (Å²) in [5, 5.41) is 10.7. The van der Waals surface area contributed by atoms with E-state index in [9.17, 15) is 9.90 Å². The summed E-state index contributed by atoms with van der Waals surface area (Å²) in [6.07, 6.45) is 0.180. The Labute approximate surface area is 174 Å². The summed E-state index contributed by atoms with van der Waals surface area (Å²) in [5.41, 5.74) is 4.66. The van der Waals surface area contributed by atoms with E-state index in [1.807, 2.05) is 13.0 Å². The maximum atomic E-state index is 11.9. The lowest BCUT2D eigenvalue weighted by Gasteiger charge is -2.41. The second kappa shape index (κ2) is 8.43. The number of aryl methyl sites for hydroxylation is 1. The van der Waals surface area contributed by atoms with Gasteiger partial charge in [-0.2, -0.15) is 0 Å². The lowest BCUT2D eigenvalue weighted by molar-refractivity contribution is -0.133. The number of para-hydroxylation sites is 1. The molecule has 3 rings (SSSR count). The molecule has 3 unspecified atom stereocenters. The van der Waals surface area contributed by atoms with Crippen molar-refractivity contribution < 1.29 is 14.6 Å². The molecule has 0 saturated carbocycles. The molecule has 1 N–H and O–H groups in total. The maximum Gasteiger partial charge on any atom is 0.323 e. The first kappa shape index (κ1) is 21.1. The van der Waals surface area contributed by atoms with E-state index in [4.69, 9.17) is 4.74 Å². The number of rotatable bonds is 3. The zero-order chi connectivity index (χ0) is 21.2. The number of benzene rings is 2. The van der Waals surface area contributed by atoms with Crippen molar-refractivity contribution in [1.82, 2.24) is 0 Å². The number of carbonyl (C=O) groups excluding carboxylic acids is 1. The Balaban J connectivity index is 1.76. The van der Waals surface area contributed by atoms with Gasteiger partial charge in [-0.1, -0.05) is 69.9 Å². The minimum Gasteiger partial charge on any atom is -0.426 e. The summed E-state index contributed by atoms with van der Waals surface area (Å²) in [6, 6.07) is 13.2. The van der Waals surface area contributed by atoms with E-state index in [0.717, 1.165) is 17.5 Å². The Morgan fingerprint density at radius 1 is 1.24 bits per heavy atom. The van der Waals surface area contributed by atoms with Crippen LogP contribution in [0.5, 0.6) is 5.75 Å². The summed E-state index contributed by atoms with van der Waals surface area (Å²) in [5.74, 6) is 6.69. The van der Waals surface area contributed by atoms with Gasteiger partial charge in [-0.3, -0.25) is 4.79 Å². The molecule has 1 aliphatic rings. The van der Waals surface area contributed by atoms with Gasteiger partial charge in [0.25, 0.3) is 0 Å². The molecule has 1 aliphatic carbocycles. The normalized spacial score (nSPS) is 20.8. The Hall–Kier alpha value is -2.57. The zero-order valence-corrected chi connectivity index (χ0v) is 18.0. The van der Waals surface area contributed by atoms with E-state index in [1.54, 1.807) is 24.3 Å². The molecule has 0 aliphatic heterocycles. The molecule has 152 valence electrons. The number of esters is 1. The summed E-state index contributed by atoms with van der Waals surface area (Å²) in [4.78, 5) is 11.9. The van der Waals surface area contributed by atoms with Gasteiger partial charge < -0.3 is 9.84 Å². The predicted octanol–water partition coefficient (Wildman–Crippen LogP) is 5.45. The summed E-state index contributed by atoms with van der Waals surface area (Å²) in [7, 11) is 0. The zero-order valence-electron chi connectivity index (χ0n) is 18.0. The number of hydrogen-bond acceptors (Lipinski definition) is 3. The van der Waals surface area contributed by atoms with E-state index < -0.39 is 12.1 Å². The highest BCUT2D eigenvalue weighted by Gasteiger charge is 2.35. The van der Waals surface area contributed by atoms with Crippen LogP contribution in [0.1, 0.15) is 74.8 Å². The number of aliphatic hydroxyl groups is 1. The quantitative estimate of drug-likeness (QED) is 0.431. The van der Waals surface area contributed by atoms with Gasteiger partial charge in [-0.05, 0) is 65.0 Å². The number of ether oxygens (including phenoxy) is 1. The van der Waals surface area contributed by atoms with Crippen molar-refractivity contribution in [3.63, 3.8) is 0 Å². The predicted molar refractivity (Wildman–Crippen MR) is 116 cm³/mol. The van der Waals surface area contributed by atoms with Gasteiger partial charge >= 0.3 is 5.97 Å². The summed E-state index contributed by atoms with van der Waals surface area (Å²) >= 11 is 0. The average Bonchev–Trinajstić information content (AvgIpc) is 2.66. The van der Waals surface area contributed by atoms with Crippen LogP contribution in [0.4, 0.5) is 0 Å². The molecule has 0 heterocycles. The standard InChI is InChI=1S/C26H30O3/c1-17-14-23-22(19(3)18(2)16-26(23,4)5)15-21(17)24(27)12-9-13-25(28)29-20-10-7-6-8-11-20/h6-8,10-11,14-15,18-19,24,27H,13,16H2,1-5H3.